The van der Waals surface area contributed by atoms with Crippen LogP contribution in [0.15, 0.2) is 48.5 Å². The Morgan fingerprint density at radius 3 is 2.29 bits per heavy atom. The van der Waals surface area contributed by atoms with Crippen LogP contribution < -0.4 is 10.6 Å². The Balaban J connectivity index is 1.22. The summed E-state index contributed by atoms with van der Waals surface area (Å²) < 4.78 is 5.66. The average Bonchev–Trinajstić information content (AvgIpc) is 3.18. The fraction of sp³-hybridized carbons (Fsp3) is 0.464. The van der Waals surface area contributed by atoms with Gasteiger partial charge in [0, 0.05) is 30.8 Å². The highest BCUT2D eigenvalue weighted by Crippen LogP contribution is 2.44. The number of carboxylic acid groups (broad SMARTS) is 1. The first-order chi connectivity index (χ1) is 17.0. The van der Waals surface area contributed by atoms with Crippen LogP contribution in [0.4, 0.5) is 4.79 Å². The SMILES string of the molecule is O=C(O)CCCCCNC(=O)[C@@H]1CCC[C@@H](NC(=O)OCC2c3ccccc3-c3ccccc32)C1. The smallest absolute Gasteiger partial charge is 0.407 e. The van der Waals surface area contributed by atoms with E-state index in [1.54, 1.807) is 0 Å². The molecule has 0 radical (unpaired) electrons. The number of rotatable bonds is 10. The third-order valence-corrected chi connectivity index (χ3v) is 7.08. The summed E-state index contributed by atoms with van der Waals surface area (Å²) in [7, 11) is 0. The highest BCUT2D eigenvalue weighted by atomic mass is 16.5. The van der Waals surface area contributed by atoms with Gasteiger partial charge in [-0.2, -0.15) is 0 Å². The zero-order valence-corrected chi connectivity index (χ0v) is 20.0. The second-order valence-corrected chi connectivity index (χ2v) is 9.53. The highest BCUT2D eigenvalue weighted by Gasteiger charge is 2.31. The van der Waals surface area contributed by atoms with Gasteiger partial charge in [0.15, 0.2) is 0 Å². The summed E-state index contributed by atoms with van der Waals surface area (Å²) in [6, 6.07) is 16.4. The van der Waals surface area contributed by atoms with Crippen molar-refractivity contribution in [3.63, 3.8) is 0 Å². The van der Waals surface area contributed by atoms with E-state index >= 15 is 0 Å². The van der Waals surface area contributed by atoms with E-state index in [0.717, 1.165) is 32.1 Å². The summed E-state index contributed by atoms with van der Waals surface area (Å²) in [4.78, 5) is 35.7. The van der Waals surface area contributed by atoms with Gasteiger partial charge in [-0.25, -0.2) is 4.79 Å². The normalized spacial score (nSPS) is 18.9. The standard InChI is InChI=1S/C28H34N2O5/c31-26(32)15-2-1-7-16-29-27(33)19-9-8-10-20(17-19)30-28(34)35-18-25-23-13-5-3-11-21(23)22-12-4-6-14-24(22)25/h3-6,11-14,19-20,25H,1-2,7-10,15-18H2,(H,29,33)(H,30,34)(H,31,32)/t19-,20-/m1/s1. The molecule has 0 aromatic heterocycles. The number of carboxylic acids is 1. The summed E-state index contributed by atoms with van der Waals surface area (Å²) in [5.41, 5.74) is 4.75. The van der Waals surface area contributed by atoms with Crippen LogP contribution in [0.3, 0.4) is 0 Å². The molecule has 7 heteroatoms. The number of ether oxygens (including phenoxy) is 1. The van der Waals surface area contributed by atoms with Gasteiger partial charge in [-0.05, 0) is 54.4 Å². The second kappa shape index (κ2) is 11.9. The number of nitrogens with one attached hydrogen (secondary N) is 2. The molecule has 7 nitrogen and oxygen atoms in total. The first-order valence-corrected chi connectivity index (χ1v) is 12.6. The van der Waals surface area contributed by atoms with Crippen molar-refractivity contribution < 1.29 is 24.2 Å². The van der Waals surface area contributed by atoms with Crippen molar-refractivity contribution in [3.05, 3.63) is 59.7 Å². The van der Waals surface area contributed by atoms with Gasteiger partial charge in [-0.15, -0.1) is 0 Å². The molecule has 4 rings (SSSR count). The molecule has 0 aliphatic heterocycles. The minimum absolute atomic E-state index is 0.0160. The number of carbonyl (C=O) groups excluding carboxylic acids is 2. The minimum atomic E-state index is -0.786. The molecule has 2 aromatic rings. The van der Waals surface area contributed by atoms with Crippen molar-refractivity contribution >= 4 is 18.0 Å². The summed E-state index contributed by atoms with van der Waals surface area (Å²) in [6.07, 6.45) is 5.05. The summed E-state index contributed by atoms with van der Waals surface area (Å²) in [5, 5.41) is 14.6. The van der Waals surface area contributed by atoms with Crippen molar-refractivity contribution in [3.8, 4) is 11.1 Å². The van der Waals surface area contributed by atoms with Crippen LogP contribution in [0.5, 0.6) is 0 Å². The molecule has 3 N–H and O–H groups in total. The Hall–Kier alpha value is -3.35. The number of hydrogen-bond donors (Lipinski definition) is 3. The van der Waals surface area contributed by atoms with Crippen LogP contribution in [-0.4, -0.2) is 42.3 Å². The van der Waals surface area contributed by atoms with Gasteiger partial charge in [0.1, 0.15) is 6.61 Å². The lowest BCUT2D eigenvalue weighted by Gasteiger charge is -2.29. The largest absolute Gasteiger partial charge is 0.481 e. The van der Waals surface area contributed by atoms with E-state index in [1.165, 1.54) is 22.3 Å². The molecule has 35 heavy (non-hydrogen) atoms. The number of amides is 2. The lowest BCUT2D eigenvalue weighted by Crippen LogP contribution is -2.43. The zero-order valence-electron chi connectivity index (χ0n) is 20.0. The Bertz CT molecular complexity index is 1010. The van der Waals surface area contributed by atoms with Crippen LogP contribution in [0.1, 0.15) is 68.4 Å². The molecule has 1 saturated carbocycles. The maximum Gasteiger partial charge on any atom is 0.407 e. The average molecular weight is 479 g/mol. The molecule has 2 atom stereocenters. The Morgan fingerprint density at radius 1 is 0.914 bits per heavy atom. The van der Waals surface area contributed by atoms with E-state index in [4.69, 9.17) is 9.84 Å². The van der Waals surface area contributed by atoms with Crippen LogP contribution in [-0.2, 0) is 14.3 Å². The lowest BCUT2D eigenvalue weighted by molar-refractivity contribution is -0.137. The molecule has 2 aromatic carbocycles. The molecule has 1 fully saturated rings. The molecule has 0 saturated heterocycles. The fourth-order valence-electron chi connectivity index (χ4n) is 5.30. The van der Waals surface area contributed by atoms with Crippen molar-refractivity contribution in [2.45, 2.75) is 63.3 Å². The van der Waals surface area contributed by atoms with Gasteiger partial charge in [-0.3, -0.25) is 9.59 Å². The van der Waals surface area contributed by atoms with Crippen LogP contribution >= 0.6 is 0 Å². The minimum Gasteiger partial charge on any atom is -0.481 e. The molecule has 0 unspecified atom stereocenters. The molecule has 2 aliphatic carbocycles. The van der Waals surface area contributed by atoms with E-state index in [2.05, 4.69) is 34.9 Å². The number of alkyl carbamates (subject to hydrolysis) is 1. The number of hydrogen-bond acceptors (Lipinski definition) is 4. The predicted octanol–water partition coefficient (Wildman–Crippen LogP) is 4.85. The number of fused-ring (bicyclic) bond motifs is 3. The molecular weight excluding hydrogens is 444 g/mol. The molecule has 0 heterocycles. The molecule has 2 aliphatic rings. The van der Waals surface area contributed by atoms with Crippen molar-refractivity contribution in [2.24, 2.45) is 5.92 Å². The second-order valence-electron chi connectivity index (χ2n) is 9.53. The number of unbranched alkanes of at least 4 members (excludes halogenated alkanes) is 2. The summed E-state index contributed by atoms with van der Waals surface area (Å²) in [5.74, 6) is -0.872. The zero-order chi connectivity index (χ0) is 24.6. The molecule has 186 valence electrons. The molecule has 0 spiro atoms. The number of benzene rings is 2. The third-order valence-electron chi connectivity index (χ3n) is 7.08. The summed E-state index contributed by atoms with van der Waals surface area (Å²) >= 11 is 0. The first-order valence-electron chi connectivity index (χ1n) is 12.6. The van der Waals surface area contributed by atoms with Gasteiger partial charge < -0.3 is 20.5 Å². The van der Waals surface area contributed by atoms with Crippen molar-refractivity contribution in [1.82, 2.24) is 10.6 Å². The monoisotopic (exact) mass is 478 g/mol. The number of carbonyl (C=O) groups is 3. The Morgan fingerprint density at radius 2 is 1.60 bits per heavy atom. The summed E-state index contributed by atoms with van der Waals surface area (Å²) in [6.45, 7) is 0.831. The van der Waals surface area contributed by atoms with Crippen LogP contribution in [0, 0.1) is 5.92 Å². The van der Waals surface area contributed by atoms with Gasteiger partial charge >= 0.3 is 12.1 Å². The topological polar surface area (TPSA) is 105 Å². The third kappa shape index (κ3) is 6.41. The van der Waals surface area contributed by atoms with Crippen LogP contribution in [0.25, 0.3) is 11.1 Å². The molecule has 2 amide bonds. The lowest BCUT2D eigenvalue weighted by atomic mass is 9.85. The number of aliphatic carboxylic acids is 1. The van der Waals surface area contributed by atoms with E-state index < -0.39 is 12.1 Å². The predicted molar refractivity (Wildman–Crippen MR) is 133 cm³/mol. The fourth-order valence-corrected chi connectivity index (χ4v) is 5.30. The maximum atomic E-state index is 12.6. The Labute approximate surface area is 206 Å². The first kappa shape index (κ1) is 24.8. The van der Waals surface area contributed by atoms with E-state index in [0.29, 0.717) is 19.4 Å². The van der Waals surface area contributed by atoms with Gasteiger partial charge in [-0.1, -0.05) is 61.4 Å². The van der Waals surface area contributed by atoms with Crippen molar-refractivity contribution in [1.29, 1.82) is 0 Å². The highest BCUT2D eigenvalue weighted by molar-refractivity contribution is 5.80. The van der Waals surface area contributed by atoms with Gasteiger partial charge in [0.2, 0.25) is 5.91 Å². The molecule has 0 bridgehead atoms. The van der Waals surface area contributed by atoms with E-state index in [9.17, 15) is 14.4 Å². The quantitative estimate of drug-likeness (QED) is 0.424. The molecular formula is C28H34N2O5. The Kier molecular flexibility index (Phi) is 8.40. The van der Waals surface area contributed by atoms with E-state index in [-0.39, 0.29) is 36.8 Å². The van der Waals surface area contributed by atoms with Gasteiger partial charge in [0.05, 0.1) is 0 Å². The van der Waals surface area contributed by atoms with Crippen molar-refractivity contribution in [2.75, 3.05) is 13.2 Å². The van der Waals surface area contributed by atoms with E-state index in [1.807, 2.05) is 24.3 Å². The maximum absolute atomic E-state index is 12.6. The van der Waals surface area contributed by atoms with Gasteiger partial charge in [0.25, 0.3) is 0 Å². The van der Waals surface area contributed by atoms with Crippen LogP contribution in [0.2, 0.25) is 0 Å².